The van der Waals surface area contributed by atoms with Gasteiger partial charge in [0.05, 0.1) is 12.7 Å². The van der Waals surface area contributed by atoms with E-state index in [0.29, 0.717) is 11.5 Å². The molecule has 106 valence electrons. The minimum atomic E-state index is 0.384. The highest BCUT2D eigenvalue weighted by molar-refractivity contribution is 4.88. The van der Waals surface area contributed by atoms with Gasteiger partial charge < -0.3 is 14.8 Å². The standard InChI is InChI=1S/C14H28N2O2/c1-3-15-11-14(4-7-17-8-5-14)12-16-6-9-18-13(2)10-16/h13,15H,3-12H2,1-2H3. The highest BCUT2D eigenvalue weighted by atomic mass is 16.5. The molecule has 2 aliphatic heterocycles. The van der Waals surface area contributed by atoms with Gasteiger partial charge in [0, 0.05) is 39.4 Å². The fourth-order valence-corrected chi connectivity index (χ4v) is 3.09. The summed E-state index contributed by atoms with van der Waals surface area (Å²) in [6.07, 6.45) is 2.76. The van der Waals surface area contributed by atoms with E-state index in [9.17, 15) is 0 Å². The molecule has 2 rings (SSSR count). The molecule has 0 aromatic rings. The average molecular weight is 256 g/mol. The van der Waals surface area contributed by atoms with Crippen molar-refractivity contribution in [2.24, 2.45) is 5.41 Å². The lowest BCUT2D eigenvalue weighted by Crippen LogP contribution is -2.51. The van der Waals surface area contributed by atoms with Crippen molar-refractivity contribution in [3.63, 3.8) is 0 Å². The molecule has 0 radical (unpaired) electrons. The van der Waals surface area contributed by atoms with Gasteiger partial charge in [-0.2, -0.15) is 0 Å². The van der Waals surface area contributed by atoms with E-state index < -0.39 is 0 Å². The lowest BCUT2D eigenvalue weighted by atomic mass is 9.79. The summed E-state index contributed by atoms with van der Waals surface area (Å²) in [4.78, 5) is 2.58. The van der Waals surface area contributed by atoms with Gasteiger partial charge in [-0.1, -0.05) is 6.92 Å². The maximum Gasteiger partial charge on any atom is 0.0674 e. The van der Waals surface area contributed by atoms with Crippen LogP contribution in [0.25, 0.3) is 0 Å². The Morgan fingerprint density at radius 1 is 1.28 bits per heavy atom. The van der Waals surface area contributed by atoms with Crippen molar-refractivity contribution in [2.75, 3.05) is 52.5 Å². The number of hydrogen-bond donors (Lipinski definition) is 1. The largest absolute Gasteiger partial charge is 0.381 e. The minimum Gasteiger partial charge on any atom is -0.381 e. The topological polar surface area (TPSA) is 33.7 Å². The van der Waals surface area contributed by atoms with Gasteiger partial charge in [0.25, 0.3) is 0 Å². The predicted molar refractivity (Wildman–Crippen MR) is 72.9 cm³/mol. The van der Waals surface area contributed by atoms with Crippen LogP contribution in [0.3, 0.4) is 0 Å². The second-order valence-corrected chi connectivity index (χ2v) is 5.81. The van der Waals surface area contributed by atoms with Crippen LogP contribution in [0.4, 0.5) is 0 Å². The van der Waals surface area contributed by atoms with Crippen LogP contribution < -0.4 is 5.32 Å². The van der Waals surface area contributed by atoms with Crippen LogP contribution in [0.5, 0.6) is 0 Å². The van der Waals surface area contributed by atoms with Crippen molar-refractivity contribution < 1.29 is 9.47 Å². The Balaban J connectivity index is 1.91. The Kier molecular flexibility index (Phi) is 5.42. The number of nitrogens with one attached hydrogen (secondary N) is 1. The Hall–Kier alpha value is -0.160. The average Bonchev–Trinajstić information content (AvgIpc) is 2.38. The van der Waals surface area contributed by atoms with Gasteiger partial charge in [0.2, 0.25) is 0 Å². The van der Waals surface area contributed by atoms with Crippen molar-refractivity contribution in [3.05, 3.63) is 0 Å². The molecular weight excluding hydrogens is 228 g/mol. The fourth-order valence-electron chi connectivity index (χ4n) is 3.09. The minimum absolute atomic E-state index is 0.384. The van der Waals surface area contributed by atoms with Gasteiger partial charge in [0.15, 0.2) is 0 Å². The molecule has 1 atom stereocenters. The molecule has 1 N–H and O–H groups in total. The number of nitrogens with zero attached hydrogens (tertiary/aromatic N) is 1. The summed E-state index contributed by atoms with van der Waals surface area (Å²) >= 11 is 0. The number of morpholine rings is 1. The third-order valence-electron chi connectivity index (χ3n) is 4.19. The Morgan fingerprint density at radius 2 is 2.06 bits per heavy atom. The van der Waals surface area contributed by atoms with Gasteiger partial charge in [-0.3, -0.25) is 4.90 Å². The molecule has 0 saturated carbocycles. The molecular formula is C14H28N2O2. The first-order valence-electron chi connectivity index (χ1n) is 7.36. The maximum atomic E-state index is 5.63. The third-order valence-corrected chi connectivity index (χ3v) is 4.19. The van der Waals surface area contributed by atoms with Crippen molar-refractivity contribution in [2.45, 2.75) is 32.8 Å². The second-order valence-electron chi connectivity index (χ2n) is 5.81. The lowest BCUT2D eigenvalue weighted by Gasteiger charge is -2.43. The van der Waals surface area contributed by atoms with E-state index in [2.05, 4.69) is 24.1 Å². The summed E-state index contributed by atoms with van der Waals surface area (Å²) in [7, 11) is 0. The van der Waals surface area contributed by atoms with E-state index in [1.54, 1.807) is 0 Å². The van der Waals surface area contributed by atoms with E-state index in [1.165, 1.54) is 19.4 Å². The van der Waals surface area contributed by atoms with Crippen LogP contribution in [0.1, 0.15) is 26.7 Å². The molecule has 2 saturated heterocycles. The summed E-state index contributed by atoms with van der Waals surface area (Å²) in [5.41, 5.74) is 0.408. The highest BCUT2D eigenvalue weighted by Crippen LogP contribution is 2.31. The molecule has 18 heavy (non-hydrogen) atoms. The summed E-state index contributed by atoms with van der Waals surface area (Å²) in [5.74, 6) is 0. The normalized spacial score (nSPS) is 29.3. The number of ether oxygens (including phenoxy) is 2. The summed E-state index contributed by atoms with van der Waals surface area (Å²) in [6, 6.07) is 0. The molecule has 2 heterocycles. The quantitative estimate of drug-likeness (QED) is 0.799. The molecule has 4 heteroatoms. The number of rotatable bonds is 5. The fraction of sp³-hybridized carbons (Fsp3) is 1.00. The molecule has 0 amide bonds. The maximum absolute atomic E-state index is 5.63. The zero-order valence-electron chi connectivity index (χ0n) is 11.9. The smallest absolute Gasteiger partial charge is 0.0674 e. The van der Waals surface area contributed by atoms with Gasteiger partial charge in [0.1, 0.15) is 0 Å². The van der Waals surface area contributed by atoms with E-state index in [1.807, 2.05) is 0 Å². The number of hydrogen-bond acceptors (Lipinski definition) is 4. The van der Waals surface area contributed by atoms with Gasteiger partial charge in [-0.15, -0.1) is 0 Å². The molecule has 0 aromatic carbocycles. The Bertz CT molecular complexity index is 242. The van der Waals surface area contributed by atoms with Crippen LogP contribution in [0.2, 0.25) is 0 Å². The van der Waals surface area contributed by atoms with E-state index >= 15 is 0 Å². The lowest BCUT2D eigenvalue weighted by molar-refractivity contribution is -0.0532. The first-order valence-corrected chi connectivity index (χ1v) is 7.36. The van der Waals surface area contributed by atoms with Gasteiger partial charge in [-0.05, 0) is 31.7 Å². The Morgan fingerprint density at radius 3 is 2.72 bits per heavy atom. The summed E-state index contributed by atoms with van der Waals surface area (Å²) < 4.78 is 11.2. The zero-order chi connectivity index (χ0) is 12.8. The monoisotopic (exact) mass is 256 g/mol. The zero-order valence-corrected chi connectivity index (χ0v) is 11.9. The first kappa shape index (κ1) is 14.3. The molecule has 0 bridgehead atoms. The van der Waals surface area contributed by atoms with Crippen molar-refractivity contribution in [1.29, 1.82) is 0 Å². The van der Waals surface area contributed by atoms with Crippen LogP contribution in [0.15, 0.2) is 0 Å². The predicted octanol–water partition coefficient (Wildman–Crippen LogP) is 1.11. The molecule has 4 nitrogen and oxygen atoms in total. The summed E-state index contributed by atoms with van der Waals surface area (Å²) in [5, 5.41) is 3.55. The van der Waals surface area contributed by atoms with Gasteiger partial charge >= 0.3 is 0 Å². The van der Waals surface area contributed by atoms with E-state index in [-0.39, 0.29) is 0 Å². The van der Waals surface area contributed by atoms with E-state index in [0.717, 1.165) is 46.0 Å². The Labute approximate surface area is 111 Å². The van der Waals surface area contributed by atoms with Crippen molar-refractivity contribution >= 4 is 0 Å². The highest BCUT2D eigenvalue weighted by Gasteiger charge is 2.35. The molecule has 0 aromatic heterocycles. The third kappa shape index (κ3) is 3.92. The second kappa shape index (κ2) is 6.85. The molecule has 0 aliphatic carbocycles. The molecule has 0 spiro atoms. The van der Waals surface area contributed by atoms with Crippen LogP contribution in [-0.4, -0.2) is 63.5 Å². The van der Waals surface area contributed by atoms with Crippen LogP contribution in [-0.2, 0) is 9.47 Å². The van der Waals surface area contributed by atoms with Crippen LogP contribution >= 0.6 is 0 Å². The first-order chi connectivity index (χ1) is 8.74. The summed E-state index contributed by atoms with van der Waals surface area (Å²) in [6.45, 7) is 12.6. The van der Waals surface area contributed by atoms with Crippen LogP contribution in [0, 0.1) is 5.41 Å². The SMILES string of the molecule is CCNCC1(CN2CCOC(C)C2)CCOCC1. The van der Waals surface area contributed by atoms with Crippen molar-refractivity contribution in [3.8, 4) is 0 Å². The van der Waals surface area contributed by atoms with Gasteiger partial charge in [-0.25, -0.2) is 0 Å². The molecule has 2 aliphatic rings. The van der Waals surface area contributed by atoms with E-state index in [4.69, 9.17) is 9.47 Å². The molecule has 1 unspecified atom stereocenters. The van der Waals surface area contributed by atoms with Crippen molar-refractivity contribution in [1.82, 2.24) is 10.2 Å². The molecule has 2 fully saturated rings.